The Labute approximate surface area is 130 Å². The summed E-state index contributed by atoms with van der Waals surface area (Å²) in [6.07, 6.45) is 3.01. The van der Waals surface area contributed by atoms with Crippen LogP contribution in [0.2, 0.25) is 0 Å². The van der Waals surface area contributed by atoms with Crippen molar-refractivity contribution in [2.24, 2.45) is 0 Å². The quantitative estimate of drug-likeness (QED) is 0.880. The zero-order valence-corrected chi connectivity index (χ0v) is 14.5. The minimum absolute atomic E-state index is 0.283. The first kappa shape index (κ1) is 15.9. The molecule has 0 saturated carbocycles. The Hall–Kier alpha value is -0.430. The number of hydrogen-bond donors (Lipinski definition) is 1. The molecule has 6 heteroatoms. The largest absolute Gasteiger partial charge is 0.310 e. The molecule has 5 nitrogen and oxygen atoms in total. The van der Waals surface area contributed by atoms with E-state index in [2.05, 4.69) is 61.8 Å². The highest BCUT2D eigenvalue weighted by atomic mass is 79.9. The predicted molar refractivity (Wildman–Crippen MR) is 85.9 cm³/mol. The summed E-state index contributed by atoms with van der Waals surface area (Å²) in [5.41, 5.74) is 1.27. The van der Waals surface area contributed by atoms with Gasteiger partial charge in [-0.15, -0.1) is 0 Å². The molecule has 20 heavy (non-hydrogen) atoms. The Kier molecular flexibility index (Phi) is 5.60. The van der Waals surface area contributed by atoms with Gasteiger partial charge in [-0.3, -0.25) is 9.58 Å². The minimum Gasteiger partial charge on any atom is -0.310 e. The summed E-state index contributed by atoms with van der Waals surface area (Å²) in [6.45, 7) is 6.48. The molecule has 1 aliphatic heterocycles. The average molecular weight is 344 g/mol. The van der Waals surface area contributed by atoms with Crippen molar-refractivity contribution in [2.45, 2.75) is 32.0 Å². The predicted octanol–water partition coefficient (Wildman–Crippen LogP) is 1.56. The fraction of sp³-hybridized carbons (Fsp3) is 0.786. The van der Waals surface area contributed by atoms with Crippen LogP contribution >= 0.6 is 15.9 Å². The Bertz CT molecular complexity index is 433. The lowest BCUT2D eigenvalue weighted by Crippen LogP contribution is -2.55. The average Bonchev–Trinajstić information content (AvgIpc) is 2.77. The molecule has 1 fully saturated rings. The van der Waals surface area contributed by atoms with Gasteiger partial charge in [0.25, 0.3) is 0 Å². The second-order valence-corrected chi connectivity index (χ2v) is 6.53. The zero-order chi connectivity index (χ0) is 14.7. The van der Waals surface area contributed by atoms with Crippen molar-refractivity contribution in [3.8, 4) is 0 Å². The maximum Gasteiger partial charge on any atom is 0.0712 e. The van der Waals surface area contributed by atoms with Crippen molar-refractivity contribution < 1.29 is 0 Å². The van der Waals surface area contributed by atoms with Crippen molar-refractivity contribution in [1.29, 1.82) is 0 Å². The molecular weight excluding hydrogens is 318 g/mol. The molecule has 0 aliphatic carbocycles. The normalized spacial score (nSPS) is 23.1. The smallest absolute Gasteiger partial charge is 0.0712 e. The van der Waals surface area contributed by atoms with Crippen LogP contribution in [-0.2, 0) is 6.54 Å². The van der Waals surface area contributed by atoms with Crippen molar-refractivity contribution in [2.75, 3.05) is 40.8 Å². The van der Waals surface area contributed by atoms with Crippen LogP contribution in [0.3, 0.4) is 0 Å². The third-order valence-corrected chi connectivity index (χ3v) is 4.77. The van der Waals surface area contributed by atoms with Gasteiger partial charge < -0.3 is 10.2 Å². The maximum absolute atomic E-state index is 4.51. The topological polar surface area (TPSA) is 36.3 Å². The number of hydrogen-bond acceptors (Lipinski definition) is 4. The second-order valence-electron chi connectivity index (χ2n) is 5.68. The fourth-order valence-electron chi connectivity index (χ4n) is 2.99. The number of halogens is 1. The van der Waals surface area contributed by atoms with Crippen LogP contribution in [0.1, 0.15) is 25.1 Å². The molecule has 1 aromatic rings. The van der Waals surface area contributed by atoms with Gasteiger partial charge >= 0.3 is 0 Å². The number of aryl methyl sites for hydroxylation is 1. The van der Waals surface area contributed by atoms with Gasteiger partial charge in [0.2, 0.25) is 0 Å². The molecule has 2 atom stereocenters. The summed E-state index contributed by atoms with van der Waals surface area (Å²) in [4.78, 5) is 4.86. The fourth-order valence-corrected chi connectivity index (χ4v) is 3.53. The van der Waals surface area contributed by atoms with Crippen molar-refractivity contribution in [1.82, 2.24) is 24.9 Å². The van der Waals surface area contributed by atoms with Gasteiger partial charge in [-0.2, -0.15) is 5.10 Å². The van der Waals surface area contributed by atoms with E-state index < -0.39 is 0 Å². The van der Waals surface area contributed by atoms with Crippen LogP contribution in [0.15, 0.2) is 10.7 Å². The summed E-state index contributed by atoms with van der Waals surface area (Å²) >= 11 is 3.67. The molecule has 1 aliphatic rings. The molecule has 1 saturated heterocycles. The Balaban J connectivity index is 2.29. The molecule has 0 spiro atoms. The number of likely N-dealkylation sites (N-methyl/N-ethyl adjacent to an activating group) is 3. The first-order valence-electron chi connectivity index (χ1n) is 7.35. The number of piperazine rings is 1. The van der Waals surface area contributed by atoms with E-state index >= 15 is 0 Å². The molecule has 0 radical (unpaired) electrons. The van der Waals surface area contributed by atoms with Gasteiger partial charge in [-0.1, -0.05) is 6.92 Å². The molecule has 0 amide bonds. The van der Waals surface area contributed by atoms with Gasteiger partial charge in [-0.25, -0.2) is 0 Å². The summed E-state index contributed by atoms with van der Waals surface area (Å²) in [7, 11) is 6.46. The zero-order valence-electron chi connectivity index (χ0n) is 12.9. The van der Waals surface area contributed by atoms with Crippen molar-refractivity contribution >= 4 is 15.9 Å². The molecule has 2 unspecified atom stereocenters. The Morgan fingerprint density at radius 1 is 1.45 bits per heavy atom. The summed E-state index contributed by atoms with van der Waals surface area (Å²) in [5, 5.41) is 8.02. The lowest BCUT2D eigenvalue weighted by atomic mass is 10.0. The highest BCUT2D eigenvalue weighted by Gasteiger charge is 2.33. The molecule has 2 rings (SSSR count). The molecule has 2 heterocycles. The highest BCUT2D eigenvalue weighted by molar-refractivity contribution is 9.10. The highest BCUT2D eigenvalue weighted by Crippen LogP contribution is 2.29. The van der Waals surface area contributed by atoms with Crippen molar-refractivity contribution in [3.63, 3.8) is 0 Å². The maximum atomic E-state index is 4.51. The third-order valence-electron chi connectivity index (χ3n) is 4.16. The third kappa shape index (κ3) is 3.24. The number of rotatable bonds is 5. The number of aromatic nitrogens is 2. The molecule has 0 aromatic carbocycles. The molecule has 114 valence electrons. The molecule has 0 bridgehead atoms. The lowest BCUT2D eigenvalue weighted by molar-refractivity contribution is 0.0871. The van der Waals surface area contributed by atoms with Gasteiger partial charge in [0.05, 0.1) is 22.4 Å². The van der Waals surface area contributed by atoms with E-state index in [1.807, 2.05) is 13.2 Å². The van der Waals surface area contributed by atoms with E-state index in [-0.39, 0.29) is 6.04 Å². The van der Waals surface area contributed by atoms with Crippen LogP contribution in [0, 0.1) is 0 Å². The van der Waals surface area contributed by atoms with Gasteiger partial charge in [0.15, 0.2) is 0 Å². The van der Waals surface area contributed by atoms with E-state index in [0.29, 0.717) is 6.04 Å². The standard InChI is InChI=1S/C14H26BrN5/c1-5-6-20-14(11(15)9-17-20)13(16-2)12-10-18(3)7-8-19(12)4/h9,12-13,16H,5-8,10H2,1-4H3. The van der Waals surface area contributed by atoms with Crippen LogP contribution < -0.4 is 5.32 Å². The summed E-state index contributed by atoms with van der Waals surface area (Å²) in [6, 6.07) is 0.744. The first-order valence-corrected chi connectivity index (χ1v) is 8.15. The van der Waals surface area contributed by atoms with Crippen molar-refractivity contribution in [3.05, 3.63) is 16.4 Å². The van der Waals surface area contributed by atoms with Crippen LogP contribution in [0.4, 0.5) is 0 Å². The number of nitrogens with zero attached hydrogens (tertiary/aromatic N) is 4. The minimum atomic E-state index is 0.283. The number of nitrogens with one attached hydrogen (secondary N) is 1. The molecule has 1 aromatic heterocycles. The van der Waals surface area contributed by atoms with Crippen LogP contribution in [0.25, 0.3) is 0 Å². The molecular formula is C14H26BrN5. The Morgan fingerprint density at radius 3 is 2.85 bits per heavy atom. The van der Waals surface area contributed by atoms with E-state index in [4.69, 9.17) is 0 Å². The summed E-state index contributed by atoms with van der Waals surface area (Å²) in [5.74, 6) is 0. The van der Waals surface area contributed by atoms with Crippen LogP contribution in [0.5, 0.6) is 0 Å². The van der Waals surface area contributed by atoms with E-state index in [1.54, 1.807) is 0 Å². The Morgan fingerprint density at radius 2 is 2.20 bits per heavy atom. The SMILES string of the molecule is CCCn1ncc(Br)c1C(NC)C1CN(C)CCN1C. The van der Waals surface area contributed by atoms with E-state index in [9.17, 15) is 0 Å². The van der Waals surface area contributed by atoms with E-state index in [0.717, 1.165) is 37.1 Å². The monoisotopic (exact) mass is 343 g/mol. The van der Waals surface area contributed by atoms with Gasteiger partial charge in [-0.05, 0) is 43.5 Å². The van der Waals surface area contributed by atoms with Crippen LogP contribution in [-0.4, -0.2) is 66.4 Å². The van der Waals surface area contributed by atoms with Gasteiger partial charge in [0.1, 0.15) is 0 Å². The molecule has 1 N–H and O–H groups in total. The summed E-state index contributed by atoms with van der Waals surface area (Å²) < 4.78 is 3.24. The second kappa shape index (κ2) is 7.02. The lowest BCUT2D eigenvalue weighted by Gasteiger charge is -2.42. The van der Waals surface area contributed by atoms with Gasteiger partial charge in [0, 0.05) is 32.2 Å². The van der Waals surface area contributed by atoms with E-state index in [1.165, 1.54) is 5.69 Å². The first-order chi connectivity index (χ1) is 9.58.